The molecule has 4 N–H and O–H groups in total. The fraction of sp³-hybridized carbons (Fsp3) is 0.286. The lowest BCUT2D eigenvalue weighted by atomic mass is 10.2. The molecule has 0 saturated heterocycles. The van der Waals surface area contributed by atoms with Crippen molar-refractivity contribution in [3.05, 3.63) is 43.5 Å². The van der Waals surface area contributed by atoms with E-state index in [1.807, 2.05) is 38.1 Å². The fourth-order valence-electron chi connectivity index (χ4n) is 1.44. The van der Waals surface area contributed by atoms with Gasteiger partial charge in [-0.15, -0.1) is 13.2 Å². The molecule has 0 fully saturated rings. The summed E-state index contributed by atoms with van der Waals surface area (Å²) in [5.41, 5.74) is 13.8. The third-order valence-electron chi connectivity index (χ3n) is 2.09. The molecule has 0 aromatic heterocycles. The molecule has 0 bridgehead atoms. The van der Waals surface area contributed by atoms with Crippen molar-refractivity contribution >= 4 is 17.1 Å². The Hall–Kier alpha value is -1.90. The number of hydrogen-bond acceptors (Lipinski definition) is 3. The van der Waals surface area contributed by atoms with Crippen molar-refractivity contribution in [2.45, 2.75) is 13.8 Å². The monoisotopic (exact) mass is 233 g/mol. The van der Waals surface area contributed by atoms with Gasteiger partial charge in [0.15, 0.2) is 0 Å². The highest BCUT2D eigenvalue weighted by Gasteiger charge is 2.06. The smallest absolute Gasteiger partial charge is 0.0607 e. The van der Waals surface area contributed by atoms with Crippen molar-refractivity contribution < 1.29 is 0 Å². The summed E-state index contributed by atoms with van der Waals surface area (Å²) in [4.78, 5) is 2.08. The summed E-state index contributed by atoms with van der Waals surface area (Å²) >= 11 is 0. The predicted molar refractivity (Wildman–Crippen MR) is 79.2 cm³/mol. The zero-order chi connectivity index (χ0) is 13.3. The summed E-state index contributed by atoms with van der Waals surface area (Å²) in [6.07, 6.45) is 3.67. The topological polar surface area (TPSA) is 55.3 Å². The molecule has 0 radical (unpaired) electrons. The molecule has 0 unspecified atom stereocenters. The van der Waals surface area contributed by atoms with E-state index < -0.39 is 0 Å². The van der Waals surface area contributed by atoms with E-state index in [0.717, 1.165) is 18.8 Å². The van der Waals surface area contributed by atoms with E-state index in [-0.39, 0.29) is 0 Å². The van der Waals surface area contributed by atoms with Crippen LogP contribution in [-0.2, 0) is 0 Å². The molecule has 3 heteroatoms. The molecule has 1 aromatic carbocycles. The van der Waals surface area contributed by atoms with Gasteiger partial charge in [-0.25, -0.2) is 0 Å². The van der Waals surface area contributed by atoms with Crippen LogP contribution in [0, 0.1) is 0 Å². The second-order valence-electron chi connectivity index (χ2n) is 3.30. The lowest BCUT2D eigenvalue weighted by molar-refractivity contribution is 0.959. The standard InChI is InChI=1S/C12H17N3.C2H6/c1-3-7-15(8-4-2)12-6-5-10(13)9-11(12)14;1-2/h3-6,9H,1-2,7-8,13-14H2;1-2H3. The molecular weight excluding hydrogens is 210 g/mol. The van der Waals surface area contributed by atoms with Crippen LogP contribution < -0.4 is 16.4 Å². The Kier molecular flexibility index (Phi) is 7.35. The van der Waals surface area contributed by atoms with Gasteiger partial charge in [0.25, 0.3) is 0 Å². The zero-order valence-electron chi connectivity index (χ0n) is 10.8. The van der Waals surface area contributed by atoms with Gasteiger partial charge in [0.1, 0.15) is 0 Å². The lowest BCUT2D eigenvalue weighted by Crippen LogP contribution is -2.24. The molecule has 0 amide bonds. The highest BCUT2D eigenvalue weighted by atomic mass is 15.1. The molecule has 17 heavy (non-hydrogen) atoms. The molecule has 0 heterocycles. The maximum absolute atomic E-state index is 5.89. The summed E-state index contributed by atoms with van der Waals surface area (Å²) in [5.74, 6) is 0. The molecule has 0 aliphatic heterocycles. The average molecular weight is 233 g/mol. The van der Waals surface area contributed by atoms with Gasteiger partial charge in [-0.2, -0.15) is 0 Å². The van der Waals surface area contributed by atoms with E-state index in [1.54, 1.807) is 6.07 Å². The summed E-state index contributed by atoms with van der Waals surface area (Å²) < 4.78 is 0. The second kappa shape index (κ2) is 8.28. The number of anilines is 3. The maximum atomic E-state index is 5.89. The lowest BCUT2D eigenvalue weighted by Gasteiger charge is -2.23. The number of nitrogens with two attached hydrogens (primary N) is 2. The van der Waals surface area contributed by atoms with Crippen molar-refractivity contribution in [1.82, 2.24) is 0 Å². The van der Waals surface area contributed by atoms with Crippen LogP contribution in [0.1, 0.15) is 13.8 Å². The number of rotatable bonds is 5. The molecule has 0 aliphatic rings. The summed E-state index contributed by atoms with van der Waals surface area (Å²) in [6.45, 7) is 12.9. The number of benzene rings is 1. The van der Waals surface area contributed by atoms with Gasteiger partial charge < -0.3 is 16.4 Å². The normalized spacial score (nSPS) is 8.82. The molecule has 0 saturated carbocycles. The Morgan fingerprint density at radius 2 is 1.65 bits per heavy atom. The first-order valence-corrected chi connectivity index (χ1v) is 5.80. The molecule has 1 aromatic rings. The Morgan fingerprint density at radius 1 is 1.12 bits per heavy atom. The Morgan fingerprint density at radius 3 is 2.06 bits per heavy atom. The summed E-state index contributed by atoms with van der Waals surface area (Å²) in [5, 5.41) is 0. The minimum Gasteiger partial charge on any atom is -0.399 e. The van der Waals surface area contributed by atoms with E-state index in [9.17, 15) is 0 Å². The summed E-state index contributed by atoms with van der Waals surface area (Å²) in [7, 11) is 0. The second-order valence-corrected chi connectivity index (χ2v) is 3.30. The first-order valence-electron chi connectivity index (χ1n) is 5.80. The molecule has 0 aliphatic carbocycles. The number of nitrogen functional groups attached to an aromatic ring is 2. The van der Waals surface area contributed by atoms with E-state index in [1.165, 1.54) is 0 Å². The van der Waals surface area contributed by atoms with E-state index in [2.05, 4.69) is 18.1 Å². The molecule has 0 atom stereocenters. The highest BCUT2D eigenvalue weighted by Crippen LogP contribution is 2.25. The van der Waals surface area contributed by atoms with Crippen molar-refractivity contribution in [2.75, 3.05) is 29.5 Å². The number of hydrogen-bond donors (Lipinski definition) is 2. The first kappa shape index (κ1) is 15.1. The van der Waals surface area contributed by atoms with Gasteiger partial charge in [0.05, 0.1) is 11.4 Å². The van der Waals surface area contributed by atoms with Crippen LogP contribution in [0.5, 0.6) is 0 Å². The van der Waals surface area contributed by atoms with Crippen LogP contribution in [0.15, 0.2) is 43.5 Å². The van der Waals surface area contributed by atoms with Gasteiger partial charge in [0.2, 0.25) is 0 Å². The quantitative estimate of drug-likeness (QED) is 0.607. The van der Waals surface area contributed by atoms with Crippen molar-refractivity contribution in [1.29, 1.82) is 0 Å². The van der Waals surface area contributed by atoms with Crippen LogP contribution in [0.25, 0.3) is 0 Å². The van der Waals surface area contributed by atoms with Crippen molar-refractivity contribution in [2.24, 2.45) is 0 Å². The predicted octanol–water partition coefficient (Wildman–Crippen LogP) is 3.06. The van der Waals surface area contributed by atoms with Gasteiger partial charge in [-0.1, -0.05) is 26.0 Å². The molecule has 1 rings (SSSR count). The summed E-state index contributed by atoms with van der Waals surface area (Å²) in [6, 6.07) is 5.51. The van der Waals surface area contributed by atoms with Crippen LogP contribution >= 0.6 is 0 Å². The minimum atomic E-state index is 0.674. The van der Waals surface area contributed by atoms with Gasteiger partial charge in [-0.05, 0) is 18.2 Å². The zero-order valence-corrected chi connectivity index (χ0v) is 10.8. The molecular formula is C14H23N3. The average Bonchev–Trinajstić information content (AvgIpc) is 2.32. The van der Waals surface area contributed by atoms with E-state index in [4.69, 9.17) is 11.5 Å². The first-order chi connectivity index (χ1) is 8.19. The maximum Gasteiger partial charge on any atom is 0.0607 e. The Bertz CT molecular complexity index is 348. The Balaban J connectivity index is 0.00000121. The van der Waals surface area contributed by atoms with Crippen LogP contribution in [0.4, 0.5) is 17.1 Å². The third kappa shape index (κ3) is 4.64. The third-order valence-corrected chi connectivity index (χ3v) is 2.09. The van der Waals surface area contributed by atoms with Gasteiger partial charge in [-0.3, -0.25) is 0 Å². The minimum absolute atomic E-state index is 0.674. The van der Waals surface area contributed by atoms with Crippen molar-refractivity contribution in [3.63, 3.8) is 0 Å². The van der Waals surface area contributed by atoms with E-state index >= 15 is 0 Å². The van der Waals surface area contributed by atoms with Crippen LogP contribution in [-0.4, -0.2) is 13.1 Å². The van der Waals surface area contributed by atoms with Crippen molar-refractivity contribution in [3.8, 4) is 0 Å². The Labute approximate surface area is 104 Å². The van der Waals surface area contributed by atoms with E-state index in [0.29, 0.717) is 11.4 Å². The SMILES string of the molecule is C=CCN(CC=C)c1ccc(N)cc1N.CC. The van der Waals surface area contributed by atoms with Gasteiger partial charge >= 0.3 is 0 Å². The van der Waals surface area contributed by atoms with Crippen LogP contribution in [0.2, 0.25) is 0 Å². The molecule has 94 valence electrons. The highest BCUT2D eigenvalue weighted by molar-refractivity contribution is 5.72. The molecule has 0 spiro atoms. The van der Waals surface area contributed by atoms with Crippen LogP contribution in [0.3, 0.4) is 0 Å². The number of nitrogens with zero attached hydrogens (tertiary/aromatic N) is 1. The fourth-order valence-corrected chi connectivity index (χ4v) is 1.44. The van der Waals surface area contributed by atoms with Gasteiger partial charge in [0, 0.05) is 18.8 Å². The largest absolute Gasteiger partial charge is 0.399 e. The molecule has 3 nitrogen and oxygen atoms in total.